The standard InChI is InChI=1S/C20H18ClN7O5/c1-13-19(22-23-26(13)14-2-4-15(5-3-14)27(30)31)20(29)25-10-8-24(9-11-25)18-7-6-16(28(32)33)12-17(18)21/h2-7,12H,8-11H2,1H3. The van der Waals surface area contributed by atoms with Gasteiger partial charge in [-0.15, -0.1) is 5.10 Å². The molecule has 1 fully saturated rings. The van der Waals surface area contributed by atoms with Crippen LogP contribution < -0.4 is 4.90 Å². The van der Waals surface area contributed by atoms with E-state index in [9.17, 15) is 25.0 Å². The van der Waals surface area contributed by atoms with E-state index in [1.54, 1.807) is 30.0 Å². The third-order valence-electron chi connectivity index (χ3n) is 5.45. The van der Waals surface area contributed by atoms with E-state index in [0.29, 0.717) is 43.2 Å². The number of hydrogen-bond donors (Lipinski definition) is 0. The van der Waals surface area contributed by atoms with Crippen molar-refractivity contribution >= 4 is 34.6 Å². The summed E-state index contributed by atoms with van der Waals surface area (Å²) in [6, 6.07) is 10.1. The molecule has 0 unspecified atom stereocenters. The van der Waals surface area contributed by atoms with Gasteiger partial charge in [-0.3, -0.25) is 25.0 Å². The van der Waals surface area contributed by atoms with Crippen LogP contribution in [0.4, 0.5) is 17.1 Å². The van der Waals surface area contributed by atoms with E-state index in [1.165, 1.54) is 28.9 Å². The molecule has 170 valence electrons. The number of non-ortho nitro benzene ring substituents is 2. The number of piperazine rings is 1. The number of anilines is 1. The van der Waals surface area contributed by atoms with Gasteiger partial charge < -0.3 is 9.80 Å². The monoisotopic (exact) mass is 471 g/mol. The average molecular weight is 472 g/mol. The Morgan fingerprint density at radius 2 is 1.58 bits per heavy atom. The number of carbonyl (C=O) groups excluding carboxylic acids is 1. The molecule has 0 saturated carbocycles. The number of carbonyl (C=O) groups is 1. The molecule has 1 aliphatic rings. The second kappa shape index (κ2) is 8.82. The van der Waals surface area contributed by atoms with Crippen molar-refractivity contribution in [1.82, 2.24) is 19.9 Å². The van der Waals surface area contributed by atoms with Crippen molar-refractivity contribution in [3.05, 3.63) is 79.1 Å². The van der Waals surface area contributed by atoms with Crippen LogP contribution in [-0.4, -0.2) is 61.8 Å². The zero-order chi connectivity index (χ0) is 23.7. The molecule has 0 aliphatic carbocycles. The number of halogens is 1. The fraction of sp³-hybridized carbons (Fsp3) is 0.250. The number of rotatable bonds is 5. The van der Waals surface area contributed by atoms with E-state index < -0.39 is 9.85 Å². The highest BCUT2D eigenvalue weighted by Gasteiger charge is 2.27. The zero-order valence-corrected chi connectivity index (χ0v) is 18.2. The second-order valence-electron chi connectivity index (χ2n) is 7.38. The number of aromatic nitrogens is 3. The molecule has 33 heavy (non-hydrogen) atoms. The molecule has 4 rings (SSSR count). The van der Waals surface area contributed by atoms with Crippen molar-refractivity contribution in [1.29, 1.82) is 0 Å². The maximum absolute atomic E-state index is 13.0. The maximum atomic E-state index is 13.0. The molecule has 2 aromatic carbocycles. The Hall–Kier alpha value is -4.06. The van der Waals surface area contributed by atoms with Crippen LogP contribution in [0.5, 0.6) is 0 Å². The first-order valence-corrected chi connectivity index (χ1v) is 10.3. The average Bonchev–Trinajstić information content (AvgIpc) is 3.19. The van der Waals surface area contributed by atoms with Gasteiger partial charge in [-0.05, 0) is 25.1 Å². The summed E-state index contributed by atoms with van der Waals surface area (Å²) in [5.41, 5.74) is 1.84. The number of nitro benzene ring substituents is 2. The predicted molar refractivity (Wildman–Crippen MR) is 119 cm³/mol. The Bertz CT molecular complexity index is 1240. The molecule has 13 heteroatoms. The number of benzene rings is 2. The Kier molecular flexibility index (Phi) is 5.92. The predicted octanol–water partition coefficient (Wildman–Crippen LogP) is 3.01. The van der Waals surface area contributed by atoms with Crippen molar-refractivity contribution in [3.8, 4) is 5.69 Å². The van der Waals surface area contributed by atoms with Crippen molar-refractivity contribution in [2.45, 2.75) is 6.92 Å². The van der Waals surface area contributed by atoms with Gasteiger partial charge in [0.15, 0.2) is 5.69 Å². The molecule has 1 aromatic heterocycles. The van der Waals surface area contributed by atoms with Crippen molar-refractivity contribution in [2.24, 2.45) is 0 Å². The first kappa shape index (κ1) is 22.1. The summed E-state index contributed by atoms with van der Waals surface area (Å²) < 4.78 is 1.46. The Balaban J connectivity index is 1.45. The molecule has 1 aliphatic heterocycles. The summed E-state index contributed by atoms with van der Waals surface area (Å²) in [6.07, 6.45) is 0. The normalized spacial score (nSPS) is 13.8. The van der Waals surface area contributed by atoms with E-state index in [0.717, 1.165) is 0 Å². The lowest BCUT2D eigenvalue weighted by Gasteiger charge is -2.36. The zero-order valence-electron chi connectivity index (χ0n) is 17.4. The first-order valence-electron chi connectivity index (χ1n) is 9.91. The summed E-state index contributed by atoms with van der Waals surface area (Å²) in [4.78, 5) is 37.4. The fourth-order valence-electron chi connectivity index (χ4n) is 3.65. The smallest absolute Gasteiger partial charge is 0.276 e. The second-order valence-corrected chi connectivity index (χ2v) is 7.79. The maximum Gasteiger partial charge on any atom is 0.276 e. The Labute approximate surface area is 192 Å². The van der Waals surface area contributed by atoms with Crippen molar-refractivity contribution in [2.75, 3.05) is 31.1 Å². The third kappa shape index (κ3) is 4.32. The van der Waals surface area contributed by atoms with Gasteiger partial charge in [0.2, 0.25) is 0 Å². The van der Waals surface area contributed by atoms with Gasteiger partial charge in [0.25, 0.3) is 17.3 Å². The molecule has 1 saturated heterocycles. The molecule has 12 nitrogen and oxygen atoms in total. The quantitative estimate of drug-likeness (QED) is 0.408. The topological polar surface area (TPSA) is 141 Å². The van der Waals surface area contributed by atoms with Crippen LogP contribution in [0.3, 0.4) is 0 Å². The highest BCUT2D eigenvalue weighted by Crippen LogP contribution is 2.30. The van der Waals surface area contributed by atoms with Gasteiger partial charge in [-0.2, -0.15) is 0 Å². The number of hydrogen-bond acceptors (Lipinski definition) is 8. The number of amides is 1. The summed E-state index contributed by atoms with van der Waals surface area (Å²) >= 11 is 6.23. The molecule has 0 atom stereocenters. The largest absolute Gasteiger partial charge is 0.367 e. The molecular weight excluding hydrogens is 454 g/mol. The highest BCUT2D eigenvalue weighted by molar-refractivity contribution is 6.33. The fourth-order valence-corrected chi connectivity index (χ4v) is 3.95. The highest BCUT2D eigenvalue weighted by atomic mass is 35.5. The van der Waals surface area contributed by atoms with Crippen LogP contribution in [0.25, 0.3) is 5.69 Å². The molecular formula is C20H18ClN7O5. The lowest BCUT2D eigenvalue weighted by atomic mass is 10.2. The molecule has 0 spiro atoms. The molecule has 0 bridgehead atoms. The van der Waals surface area contributed by atoms with Crippen LogP contribution in [-0.2, 0) is 0 Å². The number of nitrogens with zero attached hydrogens (tertiary/aromatic N) is 7. The van der Waals surface area contributed by atoms with E-state index >= 15 is 0 Å². The van der Waals surface area contributed by atoms with Crippen molar-refractivity contribution in [3.63, 3.8) is 0 Å². The third-order valence-corrected chi connectivity index (χ3v) is 5.75. The molecule has 1 amide bonds. The van der Waals surface area contributed by atoms with E-state index in [1.807, 2.05) is 4.90 Å². The van der Waals surface area contributed by atoms with Crippen LogP contribution in [0.15, 0.2) is 42.5 Å². The Morgan fingerprint density at radius 3 is 2.15 bits per heavy atom. The van der Waals surface area contributed by atoms with Gasteiger partial charge in [0, 0.05) is 50.4 Å². The SMILES string of the molecule is Cc1c(C(=O)N2CCN(c3ccc([N+](=O)[O-])cc3Cl)CC2)nnn1-c1ccc([N+](=O)[O-])cc1. The van der Waals surface area contributed by atoms with E-state index in [2.05, 4.69) is 10.3 Å². The summed E-state index contributed by atoms with van der Waals surface area (Å²) in [6.45, 7) is 3.53. The van der Waals surface area contributed by atoms with Crippen LogP contribution in [0.1, 0.15) is 16.2 Å². The van der Waals surface area contributed by atoms with Gasteiger partial charge in [0.05, 0.1) is 31.9 Å². The minimum atomic E-state index is -0.502. The molecule has 3 aromatic rings. The van der Waals surface area contributed by atoms with Gasteiger partial charge in [0.1, 0.15) is 0 Å². The minimum Gasteiger partial charge on any atom is -0.367 e. The lowest BCUT2D eigenvalue weighted by molar-refractivity contribution is -0.385. The number of nitro groups is 2. The van der Waals surface area contributed by atoms with Gasteiger partial charge in [-0.25, -0.2) is 4.68 Å². The lowest BCUT2D eigenvalue weighted by Crippen LogP contribution is -2.49. The summed E-state index contributed by atoms with van der Waals surface area (Å²) in [5, 5.41) is 30.1. The molecule has 2 heterocycles. The summed E-state index contributed by atoms with van der Waals surface area (Å²) in [7, 11) is 0. The minimum absolute atomic E-state index is 0.0428. The van der Waals surface area contributed by atoms with Crippen LogP contribution in [0, 0.1) is 27.2 Å². The van der Waals surface area contributed by atoms with Crippen molar-refractivity contribution < 1.29 is 14.6 Å². The van der Waals surface area contributed by atoms with Gasteiger partial charge in [-0.1, -0.05) is 16.8 Å². The Morgan fingerprint density at radius 1 is 0.970 bits per heavy atom. The molecule has 0 radical (unpaired) electrons. The van der Waals surface area contributed by atoms with E-state index in [4.69, 9.17) is 11.6 Å². The summed E-state index contributed by atoms with van der Waals surface area (Å²) in [5.74, 6) is -0.268. The first-order chi connectivity index (χ1) is 15.8. The van der Waals surface area contributed by atoms with E-state index in [-0.39, 0.29) is 28.0 Å². The van der Waals surface area contributed by atoms with Crippen LogP contribution >= 0.6 is 11.6 Å². The van der Waals surface area contributed by atoms with Crippen LogP contribution in [0.2, 0.25) is 5.02 Å². The van der Waals surface area contributed by atoms with Gasteiger partial charge >= 0.3 is 0 Å². The molecule has 0 N–H and O–H groups in total.